The van der Waals surface area contributed by atoms with E-state index in [1.165, 1.54) is 44.6 Å². The molecule has 0 bridgehead atoms. The quantitative estimate of drug-likeness (QED) is 0.765. The van der Waals surface area contributed by atoms with Crippen LogP contribution in [0, 0.1) is 41.8 Å². The van der Waals surface area contributed by atoms with Gasteiger partial charge >= 0.3 is 0 Å². The topological polar surface area (TPSA) is 74.1 Å². The summed E-state index contributed by atoms with van der Waals surface area (Å²) < 4.78 is 19.2. The van der Waals surface area contributed by atoms with Crippen LogP contribution in [0.4, 0.5) is 10.2 Å². The molecule has 1 N–H and O–H groups in total. The van der Waals surface area contributed by atoms with Gasteiger partial charge in [-0.3, -0.25) is 0 Å². The first kappa shape index (κ1) is 21.3. The molecule has 2 aliphatic heterocycles. The third-order valence-electron chi connectivity index (χ3n) is 7.41. The van der Waals surface area contributed by atoms with Gasteiger partial charge in [0.2, 0.25) is 0 Å². The van der Waals surface area contributed by atoms with Crippen molar-refractivity contribution in [2.45, 2.75) is 38.6 Å². The van der Waals surface area contributed by atoms with E-state index in [-0.39, 0.29) is 5.82 Å². The molecule has 1 aromatic carbocycles. The Bertz CT molecular complexity index is 1000. The number of nitrogens with zero attached hydrogens (tertiary/aromatic N) is 4. The van der Waals surface area contributed by atoms with Gasteiger partial charge in [0.05, 0.1) is 11.3 Å². The van der Waals surface area contributed by atoms with Gasteiger partial charge in [-0.05, 0) is 74.1 Å². The van der Waals surface area contributed by atoms with Crippen molar-refractivity contribution in [2.24, 2.45) is 17.8 Å². The molecule has 0 radical (unpaired) electrons. The first-order valence-corrected chi connectivity index (χ1v) is 11.7. The molecule has 2 saturated heterocycles. The van der Waals surface area contributed by atoms with Gasteiger partial charge in [-0.15, -0.1) is 10.2 Å². The molecule has 3 fully saturated rings. The monoisotopic (exact) mass is 435 g/mol. The van der Waals surface area contributed by atoms with Gasteiger partial charge in [-0.25, -0.2) is 4.39 Å². The first-order valence-electron chi connectivity index (χ1n) is 11.7. The van der Waals surface area contributed by atoms with E-state index >= 15 is 0 Å². The number of ether oxygens (including phenoxy) is 1. The van der Waals surface area contributed by atoms with Crippen molar-refractivity contribution in [3.8, 4) is 17.3 Å². The normalized spacial score (nSPS) is 26.1. The second kappa shape index (κ2) is 9.13. The molecule has 0 spiro atoms. The minimum Gasteiger partial charge on any atom is -0.381 e. The van der Waals surface area contributed by atoms with Crippen LogP contribution in [0.15, 0.2) is 24.3 Å². The van der Waals surface area contributed by atoms with Crippen molar-refractivity contribution >= 4 is 5.82 Å². The first-order chi connectivity index (χ1) is 15.6. The summed E-state index contributed by atoms with van der Waals surface area (Å²) >= 11 is 0. The molecule has 32 heavy (non-hydrogen) atoms. The lowest BCUT2D eigenvalue weighted by molar-refractivity contribution is 0.0545. The zero-order valence-corrected chi connectivity index (χ0v) is 18.6. The average Bonchev–Trinajstić information content (AvgIpc) is 3.34. The van der Waals surface area contributed by atoms with Crippen LogP contribution < -0.4 is 5.32 Å². The molecule has 6 nitrogen and oxygen atoms in total. The number of benzene rings is 1. The van der Waals surface area contributed by atoms with E-state index in [1.54, 1.807) is 12.1 Å². The third kappa shape index (κ3) is 4.48. The van der Waals surface area contributed by atoms with Gasteiger partial charge in [0.25, 0.3) is 0 Å². The second-order valence-corrected chi connectivity index (χ2v) is 9.67. The summed E-state index contributed by atoms with van der Waals surface area (Å²) in [6, 6.07) is 8.85. The van der Waals surface area contributed by atoms with Crippen LogP contribution in [-0.4, -0.2) is 54.0 Å². The van der Waals surface area contributed by atoms with Crippen LogP contribution in [0.25, 0.3) is 11.3 Å². The number of rotatable bonds is 5. The number of aromatic nitrogens is 2. The summed E-state index contributed by atoms with van der Waals surface area (Å²) in [6.07, 6.45) is 4.59. The minimum absolute atomic E-state index is 0.318. The lowest BCUT2D eigenvalue weighted by Crippen LogP contribution is -2.32. The molecule has 1 aliphatic carbocycles. The molecule has 1 aromatic heterocycles. The summed E-state index contributed by atoms with van der Waals surface area (Å²) in [7, 11) is 0. The molecule has 168 valence electrons. The van der Waals surface area contributed by atoms with E-state index < -0.39 is 0 Å². The van der Waals surface area contributed by atoms with Crippen LogP contribution in [0.2, 0.25) is 0 Å². The summed E-state index contributed by atoms with van der Waals surface area (Å²) in [6.45, 7) is 7.29. The summed E-state index contributed by atoms with van der Waals surface area (Å²) in [5.74, 6) is 2.41. The van der Waals surface area contributed by atoms with Crippen molar-refractivity contribution in [1.82, 2.24) is 15.1 Å². The molecule has 7 heteroatoms. The fourth-order valence-electron chi connectivity index (χ4n) is 5.74. The lowest BCUT2D eigenvalue weighted by Gasteiger charge is -2.27. The molecule has 3 heterocycles. The fraction of sp³-hybridized carbons (Fsp3) is 0.560. The van der Waals surface area contributed by atoms with E-state index in [0.717, 1.165) is 37.5 Å². The fourth-order valence-corrected chi connectivity index (χ4v) is 5.74. The van der Waals surface area contributed by atoms with Crippen molar-refractivity contribution in [1.29, 1.82) is 5.26 Å². The highest BCUT2D eigenvalue weighted by atomic mass is 19.1. The number of fused-ring (bicyclic) bond motifs is 1. The SMILES string of the molecule is Cc1ccc(F)cc1-c1cc(C#N)c(NC2C[C@@H]3CN(CC4CCOCC4)C[C@@H]3C2)nn1. The number of aryl methyl sites for hydroxylation is 1. The smallest absolute Gasteiger partial charge is 0.166 e. The van der Waals surface area contributed by atoms with Crippen molar-refractivity contribution in [2.75, 3.05) is 38.2 Å². The number of nitriles is 1. The Hall–Kier alpha value is -2.56. The number of nitrogens with one attached hydrogen (secondary N) is 1. The molecule has 2 aromatic rings. The number of anilines is 1. The predicted octanol–water partition coefficient (Wildman–Crippen LogP) is 4.01. The Morgan fingerprint density at radius 3 is 2.62 bits per heavy atom. The highest BCUT2D eigenvalue weighted by Crippen LogP contribution is 2.40. The van der Waals surface area contributed by atoms with E-state index in [9.17, 15) is 9.65 Å². The number of likely N-dealkylation sites (tertiary alicyclic amines) is 1. The highest BCUT2D eigenvalue weighted by molar-refractivity contribution is 5.67. The molecule has 3 aliphatic rings. The highest BCUT2D eigenvalue weighted by Gasteiger charge is 2.41. The maximum Gasteiger partial charge on any atom is 0.166 e. The number of hydrogen-bond acceptors (Lipinski definition) is 6. The van der Waals surface area contributed by atoms with Crippen LogP contribution in [-0.2, 0) is 4.74 Å². The molecule has 3 atom stereocenters. The van der Waals surface area contributed by atoms with Gasteiger partial charge in [0.15, 0.2) is 5.82 Å². The summed E-state index contributed by atoms with van der Waals surface area (Å²) in [5, 5.41) is 21.8. The Labute approximate surface area is 188 Å². The van der Waals surface area contributed by atoms with Crippen LogP contribution in [0.5, 0.6) is 0 Å². The Kier molecular flexibility index (Phi) is 6.07. The van der Waals surface area contributed by atoms with Gasteiger partial charge < -0.3 is 15.0 Å². The average molecular weight is 436 g/mol. The number of halogens is 1. The molecule has 0 amide bonds. The van der Waals surface area contributed by atoms with Gasteiger partial charge in [0.1, 0.15) is 11.9 Å². The molecular weight excluding hydrogens is 405 g/mol. The van der Waals surface area contributed by atoms with E-state index in [1.807, 2.05) is 6.92 Å². The van der Waals surface area contributed by atoms with Crippen molar-refractivity contribution in [3.63, 3.8) is 0 Å². The van der Waals surface area contributed by atoms with Crippen molar-refractivity contribution in [3.05, 3.63) is 41.2 Å². The van der Waals surface area contributed by atoms with Crippen molar-refractivity contribution < 1.29 is 9.13 Å². The van der Waals surface area contributed by atoms with Gasteiger partial charge in [0, 0.05) is 44.5 Å². The zero-order valence-electron chi connectivity index (χ0n) is 18.6. The lowest BCUT2D eigenvalue weighted by atomic mass is 10.00. The van der Waals surface area contributed by atoms with E-state index in [2.05, 4.69) is 26.5 Å². The zero-order chi connectivity index (χ0) is 22.1. The maximum atomic E-state index is 13.7. The summed E-state index contributed by atoms with van der Waals surface area (Å²) in [4.78, 5) is 2.65. The van der Waals surface area contributed by atoms with Crippen LogP contribution in [0.3, 0.4) is 0 Å². The van der Waals surface area contributed by atoms with E-state index in [4.69, 9.17) is 4.74 Å². The van der Waals surface area contributed by atoms with Crippen LogP contribution >= 0.6 is 0 Å². The molecular formula is C25H30FN5O. The standard InChI is InChI=1S/C25H30FN5O/c1-16-2-3-21(26)11-23(16)24-10-18(12-27)25(30-29-24)28-22-8-19-14-31(15-20(19)9-22)13-17-4-6-32-7-5-17/h2-3,10-11,17,19-20,22H,4-9,13-15H2,1H3,(H,28,30)/t19-,20+,22?. The predicted molar refractivity (Wildman–Crippen MR) is 120 cm³/mol. The minimum atomic E-state index is -0.323. The number of hydrogen-bond donors (Lipinski definition) is 1. The molecule has 1 saturated carbocycles. The summed E-state index contributed by atoms with van der Waals surface area (Å²) in [5.41, 5.74) is 2.55. The third-order valence-corrected chi connectivity index (χ3v) is 7.41. The van der Waals surface area contributed by atoms with Gasteiger partial charge in [-0.2, -0.15) is 5.26 Å². The second-order valence-electron chi connectivity index (χ2n) is 9.67. The largest absolute Gasteiger partial charge is 0.381 e. The van der Waals surface area contributed by atoms with Crippen LogP contribution in [0.1, 0.15) is 36.8 Å². The van der Waals surface area contributed by atoms with E-state index in [0.29, 0.717) is 40.5 Å². The molecule has 1 unspecified atom stereocenters. The van der Waals surface area contributed by atoms with Gasteiger partial charge in [-0.1, -0.05) is 6.07 Å². The Balaban J connectivity index is 1.21. The molecule has 5 rings (SSSR count). The Morgan fingerprint density at radius 1 is 1.16 bits per heavy atom. The maximum absolute atomic E-state index is 13.7. The Morgan fingerprint density at radius 2 is 1.91 bits per heavy atom.